The van der Waals surface area contributed by atoms with Crippen molar-refractivity contribution in [1.82, 2.24) is 0 Å². The van der Waals surface area contributed by atoms with E-state index < -0.39 is 5.97 Å². The Morgan fingerprint density at radius 3 is 2.42 bits per heavy atom. The summed E-state index contributed by atoms with van der Waals surface area (Å²) < 4.78 is 0. The molecule has 0 aromatic carbocycles. The number of amides is 1. The minimum absolute atomic E-state index is 0.0214. The summed E-state index contributed by atoms with van der Waals surface area (Å²) in [6.45, 7) is 8.20. The van der Waals surface area contributed by atoms with Crippen molar-refractivity contribution >= 4 is 28.9 Å². The molecule has 0 radical (unpaired) electrons. The lowest BCUT2D eigenvalue weighted by Gasteiger charge is -2.25. The Hall–Kier alpha value is -1.80. The van der Waals surface area contributed by atoms with Crippen molar-refractivity contribution in [2.45, 2.75) is 53.4 Å². The molecular formula is C19H25NO3S. The molecule has 4 nitrogen and oxygen atoms in total. The highest BCUT2D eigenvalue weighted by atomic mass is 32.1. The van der Waals surface area contributed by atoms with Gasteiger partial charge in [-0.25, -0.2) is 4.79 Å². The van der Waals surface area contributed by atoms with Gasteiger partial charge in [0.2, 0.25) is 5.91 Å². The summed E-state index contributed by atoms with van der Waals surface area (Å²) in [6.07, 6.45) is 3.85. The average Bonchev–Trinajstić information content (AvgIpc) is 2.88. The summed E-state index contributed by atoms with van der Waals surface area (Å²) in [7, 11) is 0. The maximum atomic E-state index is 12.4. The maximum Gasteiger partial charge on any atom is 0.348 e. The van der Waals surface area contributed by atoms with Gasteiger partial charge >= 0.3 is 5.97 Å². The van der Waals surface area contributed by atoms with E-state index in [0.29, 0.717) is 16.5 Å². The number of rotatable bonds is 3. The van der Waals surface area contributed by atoms with E-state index in [-0.39, 0.29) is 22.1 Å². The lowest BCUT2D eigenvalue weighted by molar-refractivity contribution is -0.121. The van der Waals surface area contributed by atoms with Crippen molar-refractivity contribution in [2.24, 2.45) is 17.3 Å². The van der Waals surface area contributed by atoms with Crippen LogP contribution in [-0.2, 0) is 4.79 Å². The first-order valence-electron chi connectivity index (χ1n) is 8.37. The molecule has 1 aromatic rings. The smallest absolute Gasteiger partial charge is 0.348 e. The van der Waals surface area contributed by atoms with Crippen LogP contribution in [0.15, 0.2) is 6.07 Å². The number of aromatic carboxylic acids is 1. The second-order valence-corrected chi connectivity index (χ2v) is 8.66. The molecule has 1 aromatic heterocycles. The summed E-state index contributed by atoms with van der Waals surface area (Å²) in [4.78, 5) is 24.7. The number of carbonyl (C=O) groups is 2. The van der Waals surface area contributed by atoms with Crippen LogP contribution in [0, 0.1) is 29.1 Å². The molecule has 1 heterocycles. The van der Waals surface area contributed by atoms with E-state index in [1.165, 1.54) is 0 Å². The number of thiophene rings is 1. The Morgan fingerprint density at radius 1 is 1.25 bits per heavy atom. The third-order valence-corrected chi connectivity index (χ3v) is 5.17. The third kappa shape index (κ3) is 5.10. The molecule has 5 heteroatoms. The Labute approximate surface area is 147 Å². The highest BCUT2D eigenvalue weighted by Gasteiger charge is 2.26. The zero-order valence-corrected chi connectivity index (χ0v) is 15.5. The van der Waals surface area contributed by atoms with Crippen LogP contribution < -0.4 is 5.32 Å². The number of carboxylic acids is 1. The van der Waals surface area contributed by atoms with E-state index >= 15 is 0 Å². The summed E-state index contributed by atoms with van der Waals surface area (Å²) in [5.74, 6) is 5.65. The molecule has 1 aliphatic carbocycles. The summed E-state index contributed by atoms with van der Waals surface area (Å²) >= 11 is 1.11. The topological polar surface area (TPSA) is 66.4 Å². The van der Waals surface area contributed by atoms with Gasteiger partial charge in [-0.2, -0.15) is 0 Å². The first-order valence-corrected chi connectivity index (χ1v) is 9.18. The molecule has 130 valence electrons. The molecule has 1 saturated carbocycles. The summed E-state index contributed by atoms with van der Waals surface area (Å²) in [5.41, 5.74) is 0.213. The molecule has 0 saturated heterocycles. The van der Waals surface area contributed by atoms with Crippen molar-refractivity contribution in [3.05, 3.63) is 15.8 Å². The van der Waals surface area contributed by atoms with E-state index in [0.717, 1.165) is 37.0 Å². The number of hydrogen-bond donors (Lipinski definition) is 2. The lowest BCUT2D eigenvalue weighted by Crippen LogP contribution is -2.27. The summed E-state index contributed by atoms with van der Waals surface area (Å²) in [5, 5.41) is 12.2. The minimum Gasteiger partial charge on any atom is -0.477 e. The molecule has 0 atom stereocenters. The first kappa shape index (κ1) is 18.5. The number of nitrogens with one attached hydrogen (secondary N) is 1. The van der Waals surface area contributed by atoms with Gasteiger partial charge in [0.15, 0.2) is 0 Å². The molecule has 1 aliphatic rings. The fourth-order valence-corrected chi connectivity index (χ4v) is 3.52. The minimum atomic E-state index is -1.03. The second kappa shape index (κ2) is 7.40. The number of carbonyl (C=O) groups excluding carboxylic acids is 1. The van der Waals surface area contributed by atoms with Crippen LogP contribution in [0.5, 0.6) is 0 Å². The maximum absolute atomic E-state index is 12.4. The van der Waals surface area contributed by atoms with E-state index in [1.54, 1.807) is 6.07 Å². The Morgan fingerprint density at radius 2 is 1.88 bits per heavy atom. The van der Waals surface area contributed by atoms with Gasteiger partial charge in [-0.1, -0.05) is 18.8 Å². The largest absolute Gasteiger partial charge is 0.477 e. The van der Waals surface area contributed by atoms with Crippen molar-refractivity contribution in [3.63, 3.8) is 0 Å². The standard InChI is InChI=1S/C19H25NO3S/c1-12-5-7-13(8-6-12)17(21)20-15-11-14(9-10-19(2,3)4)24-16(15)18(22)23/h11-13H,5-8H2,1-4H3,(H,20,21)(H,22,23). The van der Waals surface area contributed by atoms with Crippen LogP contribution in [0.1, 0.15) is 67.9 Å². The quantitative estimate of drug-likeness (QED) is 0.785. The van der Waals surface area contributed by atoms with Crippen LogP contribution in [0.3, 0.4) is 0 Å². The lowest BCUT2D eigenvalue weighted by atomic mass is 9.82. The van der Waals surface area contributed by atoms with E-state index in [4.69, 9.17) is 0 Å². The van der Waals surface area contributed by atoms with Gasteiger partial charge in [-0.15, -0.1) is 11.3 Å². The van der Waals surface area contributed by atoms with Gasteiger partial charge in [0.25, 0.3) is 0 Å². The van der Waals surface area contributed by atoms with Crippen LogP contribution in [0.4, 0.5) is 5.69 Å². The Bertz CT molecular complexity index is 680. The van der Waals surface area contributed by atoms with E-state index in [9.17, 15) is 14.7 Å². The summed E-state index contributed by atoms with van der Waals surface area (Å²) in [6, 6.07) is 1.68. The van der Waals surface area contributed by atoms with E-state index in [2.05, 4.69) is 24.1 Å². The van der Waals surface area contributed by atoms with Crippen LogP contribution in [-0.4, -0.2) is 17.0 Å². The molecule has 1 fully saturated rings. The van der Waals surface area contributed by atoms with Crippen molar-refractivity contribution in [2.75, 3.05) is 5.32 Å². The fraction of sp³-hybridized carbons (Fsp3) is 0.579. The van der Waals surface area contributed by atoms with Crippen molar-refractivity contribution in [1.29, 1.82) is 0 Å². The van der Waals surface area contributed by atoms with Gasteiger partial charge in [0.05, 0.1) is 10.6 Å². The van der Waals surface area contributed by atoms with E-state index in [1.807, 2.05) is 20.8 Å². The molecule has 2 N–H and O–H groups in total. The van der Waals surface area contributed by atoms with Gasteiger partial charge in [-0.3, -0.25) is 4.79 Å². The van der Waals surface area contributed by atoms with Gasteiger partial charge in [0.1, 0.15) is 4.88 Å². The first-order chi connectivity index (χ1) is 11.2. The van der Waals surface area contributed by atoms with Crippen molar-refractivity contribution in [3.8, 4) is 11.8 Å². The number of carboxylic acid groups (broad SMARTS) is 1. The third-order valence-electron chi connectivity index (χ3n) is 4.13. The van der Waals surface area contributed by atoms with Crippen molar-refractivity contribution < 1.29 is 14.7 Å². The molecule has 0 bridgehead atoms. The highest BCUT2D eigenvalue weighted by molar-refractivity contribution is 7.15. The molecule has 0 aliphatic heterocycles. The Kier molecular flexibility index (Phi) is 5.71. The molecule has 0 spiro atoms. The number of anilines is 1. The molecule has 0 unspecified atom stereocenters. The number of hydrogen-bond acceptors (Lipinski definition) is 3. The van der Waals surface area contributed by atoms with Crippen LogP contribution in [0.2, 0.25) is 0 Å². The normalized spacial score (nSPS) is 20.8. The molecule has 2 rings (SSSR count). The fourth-order valence-electron chi connectivity index (χ4n) is 2.71. The second-order valence-electron chi connectivity index (χ2n) is 7.60. The SMILES string of the molecule is CC1CCC(C(=O)Nc2cc(C#CC(C)(C)C)sc2C(=O)O)CC1. The predicted octanol–water partition coefficient (Wildman–Crippen LogP) is 4.61. The zero-order valence-electron chi connectivity index (χ0n) is 14.7. The molecule has 24 heavy (non-hydrogen) atoms. The Balaban J connectivity index is 2.16. The zero-order chi connectivity index (χ0) is 17.9. The molecule has 1 amide bonds. The average molecular weight is 347 g/mol. The highest BCUT2D eigenvalue weighted by Crippen LogP contribution is 2.31. The van der Waals surface area contributed by atoms with Crippen LogP contribution in [0.25, 0.3) is 0 Å². The predicted molar refractivity (Wildman–Crippen MR) is 97.4 cm³/mol. The van der Waals surface area contributed by atoms with Gasteiger partial charge in [0, 0.05) is 11.3 Å². The molecular weight excluding hydrogens is 322 g/mol. The monoisotopic (exact) mass is 347 g/mol. The van der Waals surface area contributed by atoms with Gasteiger partial charge < -0.3 is 10.4 Å². The van der Waals surface area contributed by atoms with Crippen LogP contribution >= 0.6 is 11.3 Å². The van der Waals surface area contributed by atoms with Gasteiger partial charge in [-0.05, 0) is 58.4 Å².